The van der Waals surface area contributed by atoms with E-state index in [2.05, 4.69) is 51.1 Å². The lowest BCUT2D eigenvalue weighted by molar-refractivity contribution is 0.509. The van der Waals surface area contributed by atoms with E-state index in [0.29, 0.717) is 0 Å². The average molecular weight is 279 g/mol. The van der Waals surface area contributed by atoms with E-state index >= 15 is 0 Å². The molecule has 0 saturated carbocycles. The first kappa shape index (κ1) is 12.3. The maximum atomic E-state index is 4.42. The molecule has 0 saturated heterocycles. The van der Waals surface area contributed by atoms with Crippen molar-refractivity contribution in [1.29, 1.82) is 0 Å². The molecular weight excluding hydrogens is 262 g/mol. The molecule has 0 radical (unpaired) electrons. The minimum absolute atomic E-state index is 0.0894. The molecule has 0 aliphatic carbocycles. The summed E-state index contributed by atoms with van der Waals surface area (Å²) in [4.78, 5) is 0. The molecule has 3 heterocycles. The highest BCUT2D eigenvalue weighted by Gasteiger charge is 2.22. The van der Waals surface area contributed by atoms with Gasteiger partial charge in [0.1, 0.15) is 11.9 Å². The second-order valence-corrected chi connectivity index (χ2v) is 5.49. The fourth-order valence-electron chi connectivity index (χ4n) is 3.02. The Labute approximate surface area is 123 Å². The number of hydrogen-bond donors (Lipinski definition) is 0. The van der Waals surface area contributed by atoms with Crippen LogP contribution in [0.25, 0.3) is 0 Å². The molecule has 0 spiro atoms. The molecule has 0 amide bonds. The monoisotopic (exact) mass is 279 g/mol. The second kappa shape index (κ2) is 4.84. The van der Waals surface area contributed by atoms with E-state index in [1.165, 1.54) is 11.1 Å². The van der Waals surface area contributed by atoms with E-state index in [9.17, 15) is 0 Å². The molecule has 0 N–H and O–H groups in total. The highest BCUT2D eigenvalue weighted by atomic mass is 15.3. The second-order valence-electron chi connectivity index (χ2n) is 5.49. The van der Waals surface area contributed by atoms with Gasteiger partial charge in [0.25, 0.3) is 0 Å². The SMILES string of the molecule is CC(c1nnc2n1Cc1ccccc1CC2)n1cccn1. The number of aromatic nitrogens is 5. The Morgan fingerprint density at radius 3 is 2.71 bits per heavy atom. The Hall–Kier alpha value is -2.43. The van der Waals surface area contributed by atoms with Crippen molar-refractivity contribution in [3.63, 3.8) is 0 Å². The molecule has 2 aromatic heterocycles. The first-order chi connectivity index (χ1) is 10.3. The molecule has 5 heteroatoms. The van der Waals surface area contributed by atoms with Crippen molar-refractivity contribution in [2.45, 2.75) is 32.4 Å². The Balaban J connectivity index is 1.76. The summed E-state index contributed by atoms with van der Waals surface area (Å²) in [6.07, 6.45) is 5.74. The zero-order valence-electron chi connectivity index (χ0n) is 12.0. The van der Waals surface area contributed by atoms with Crippen LogP contribution in [0.4, 0.5) is 0 Å². The maximum absolute atomic E-state index is 4.42. The molecule has 1 aromatic carbocycles. The molecule has 1 unspecified atom stereocenters. The number of nitrogens with zero attached hydrogens (tertiary/aromatic N) is 5. The lowest BCUT2D eigenvalue weighted by Crippen LogP contribution is -2.15. The van der Waals surface area contributed by atoms with Crippen molar-refractivity contribution < 1.29 is 0 Å². The summed E-state index contributed by atoms with van der Waals surface area (Å²) in [5.41, 5.74) is 2.78. The van der Waals surface area contributed by atoms with Gasteiger partial charge in [0.2, 0.25) is 0 Å². The Bertz CT molecular complexity index is 757. The first-order valence-corrected chi connectivity index (χ1v) is 7.31. The van der Waals surface area contributed by atoms with Gasteiger partial charge in [-0.25, -0.2) is 0 Å². The van der Waals surface area contributed by atoms with Gasteiger partial charge in [-0.3, -0.25) is 4.68 Å². The predicted octanol–water partition coefficient (Wildman–Crippen LogP) is 2.23. The average Bonchev–Trinajstić information content (AvgIpc) is 3.13. The smallest absolute Gasteiger partial charge is 0.157 e. The quantitative estimate of drug-likeness (QED) is 0.722. The van der Waals surface area contributed by atoms with E-state index < -0.39 is 0 Å². The van der Waals surface area contributed by atoms with Crippen LogP contribution < -0.4 is 0 Å². The third-order valence-electron chi connectivity index (χ3n) is 4.22. The number of rotatable bonds is 2. The van der Waals surface area contributed by atoms with Gasteiger partial charge in [0, 0.05) is 18.8 Å². The summed E-state index contributed by atoms with van der Waals surface area (Å²) < 4.78 is 4.17. The molecule has 3 aromatic rings. The van der Waals surface area contributed by atoms with E-state index in [-0.39, 0.29) is 6.04 Å². The number of aryl methyl sites for hydroxylation is 2. The molecule has 1 aliphatic heterocycles. The molecular formula is C16H17N5. The molecule has 1 atom stereocenters. The standard InChI is InChI=1S/C16H17N5/c1-12(21-10-4-9-17-21)16-19-18-15-8-7-13-5-2-3-6-14(13)11-20(15)16/h2-6,9-10,12H,7-8,11H2,1H3. The topological polar surface area (TPSA) is 48.5 Å². The van der Waals surface area contributed by atoms with Crippen molar-refractivity contribution >= 4 is 0 Å². The molecule has 5 nitrogen and oxygen atoms in total. The zero-order valence-corrected chi connectivity index (χ0v) is 12.0. The summed E-state index contributed by atoms with van der Waals surface area (Å²) in [7, 11) is 0. The van der Waals surface area contributed by atoms with Crippen molar-refractivity contribution in [2.75, 3.05) is 0 Å². The zero-order chi connectivity index (χ0) is 14.2. The van der Waals surface area contributed by atoms with Gasteiger partial charge in [0.05, 0.1) is 6.54 Å². The van der Waals surface area contributed by atoms with Crippen LogP contribution in [0, 0.1) is 0 Å². The molecule has 4 rings (SSSR count). The molecule has 1 aliphatic rings. The van der Waals surface area contributed by atoms with Crippen molar-refractivity contribution in [3.05, 3.63) is 65.5 Å². The van der Waals surface area contributed by atoms with Gasteiger partial charge in [-0.05, 0) is 30.5 Å². The number of benzene rings is 1. The summed E-state index contributed by atoms with van der Waals surface area (Å²) in [6.45, 7) is 2.96. The van der Waals surface area contributed by atoms with Gasteiger partial charge in [0.15, 0.2) is 5.82 Å². The van der Waals surface area contributed by atoms with E-state index in [0.717, 1.165) is 31.0 Å². The molecule has 0 fully saturated rings. The van der Waals surface area contributed by atoms with Crippen molar-refractivity contribution in [3.8, 4) is 0 Å². The third-order valence-corrected chi connectivity index (χ3v) is 4.22. The van der Waals surface area contributed by atoms with Crippen LogP contribution in [-0.4, -0.2) is 24.5 Å². The predicted molar refractivity (Wildman–Crippen MR) is 79.0 cm³/mol. The lowest BCUT2D eigenvalue weighted by Gasteiger charge is -2.14. The minimum atomic E-state index is 0.0894. The largest absolute Gasteiger partial charge is 0.309 e. The van der Waals surface area contributed by atoms with Crippen LogP contribution in [0.5, 0.6) is 0 Å². The highest BCUT2D eigenvalue weighted by molar-refractivity contribution is 5.30. The van der Waals surface area contributed by atoms with Crippen LogP contribution in [0.3, 0.4) is 0 Å². The fraction of sp³-hybridized carbons (Fsp3) is 0.312. The molecule has 21 heavy (non-hydrogen) atoms. The van der Waals surface area contributed by atoms with Gasteiger partial charge in [-0.1, -0.05) is 24.3 Å². The minimum Gasteiger partial charge on any atom is -0.309 e. The summed E-state index contributed by atoms with van der Waals surface area (Å²) in [6, 6.07) is 10.7. The molecule has 0 bridgehead atoms. The highest BCUT2D eigenvalue weighted by Crippen LogP contribution is 2.23. The molecule has 106 valence electrons. The fourth-order valence-corrected chi connectivity index (χ4v) is 3.02. The van der Waals surface area contributed by atoms with Crippen LogP contribution >= 0.6 is 0 Å². The summed E-state index contributed by atoms with van der Waals surface area (Å²) >= 11 is 0. The van der Waals surface area contributed by atoms with E-state index in [4.69, 9.17) is 0 Å². The van der Waals surface area contributed by atoms with Gasteiger partial charge in [-0.2, -0.15) is 5.10 Å². The van der Waals surface area contributed by atoms with Gasteiger partial charge >= 0.3 is 0 Å². The van der Waals surface area contributed by atoms with Crippen LogP contribution in [0.2, 0.25) is 0 Å². The Morgan fingerprint density at radius 1 is 1.05 bits per heavy atom. The lowest BCUT2D eigenvalue weighted by atomic mass is 10.0. The van der Waals surface area contributed by atoms with Crippen LogP contribution in [0.1, 0.15) is 35.7 Å². The number of hydrogen-bond acceptors (Lipinski definition) is 3. The van der Waals surface area contributed by atoms with Crippen LogP contribution in [-0.2, 0) is 19.4 Å². The summed E-state index contributed by atoms with van der Waals surface area (Å²) in [5, 5.41) is 13.1. The van der Waals surface area contributed by atoms with Gasteiger partial charge < -0.3 is 4.57 Å². The van der Waals surface area contributed by atoms with Gasteiger partial charge in [-0.15, -0.1) is 10.2 Å². The Kier molecular flexibility index (Phi) is 2.84. The van der Waals surface area contributed by atoms with Crippen LogP contribution in [0.15, 0.2) is 42.7 Å². The third kappa shape index (κ3) is 2.05. The normalized spacial score (nSPS) is 15.1. The Morgan fingerprint density at radius 2 is 1.90 bits per heavy atom. The first-order valence-electron chi connectivity index (χ1n) is 7.31. The van der Waals surface area contributed by atoms with Crippen molar-refractivity contribution in [2.24, 2.45) is 0 Å². The van der Waals surface area contributed by atoms with E-state index in [1.54, 1.807) is 6.20 Å². The van der Waals surface area contributed by atoms with E-state index in [1.807, 2.05) is 16.9 Å². The summed E-state index contributed by atoms with van der Waals surface area (Å²) in [5.74, 6) is 2.05. The number of fused-ring (bicyclic) bond motifs is 2. The maximum Gasteiger partial charge on any atom is 0.157 e. The van der Waals surface area contributed by atoms with Crippen molar-refractivity contribution in [1.82, 2.24) is 24.5 Å².